The van der Waals surface area contributed by atoms with Gasteiger partial charge in [0.2, 0.25) is 5.91 Å². The highest BCUT2D eigenvalue weighted by Crippen LogP contribution is 2.19. The molecule has 19 heavy (non-hydrogen) atoms. The molecule has 1 amide bonds. The molecule has 0 aromatic heterocycles. The van der Waals surface area contributed by atoms with Gasteiger partial charge in [0.25, 0.3) is 0 Å². The Hall–Kier alpha value is -1.20. The Morgan fingerprint density at radius 1 is 1.05 bits per heavy atom. The molecule has 0 bridgehead atoms. The first kappa shape index (κ1) is 14.2. The zero-order valence-corrected chi connectivity index (χ0v) is 13.0. The van der Waals surface area contributed by atoms with Crippen molar-refractivity contribution in [2.24, 2.45) is 0 Å². The van der Waals surface area contributed by atoms with E-state index in [4.69, 9.17) is 0 Å². The van der Waals surface area contributed by atoms with E-state index in [0.29, 0.717) is 4.47 Å². The Morgan fingerprint density at radius 2 is 1.68 bits per heavy atom. The molecule has 0 aliphatic carbocycles. The Balaban J connectivity index is 2.03. The van der Waals surface area contributed by atoms with Crippen LogP contribution in [0.2, 0.25) is 0 Å². The lowest BCUT2D eigenvalue weighted by atomic mass is 10.1. The van der Waals surface area contributed by atoms with E-state index in [9.17, 15) is 9.18 Å². The lowest BCUT2D eigenvalue weighted by Crippen LogP contribution is -2.15. The number of carbonyl (C=O) groups excluding carboxylic acids is 1. The molecule has 2 rings (SSSR count). The second-order valence-corrected chi connectivity index (χ2v) is 5.81. The van der Waals surface area contributed by atoms with Crippen molar-refractivity contribution < 1.29 is 9.18 Å². The molecule has 98 valence electrons. The number of anilines is 1. The van der Waals surface area contributed by atoms with Gasteiger partial charge in [-0.3, -0.25) is 4.79 Å². The fourth-order valence-electron chi connectivity index (χ4n) is 1.57. The van der Waals surface area contributed by atoms with E-state index >= 15 is 0 Å². The molecule has 5 heteroatoms. The Morgan fingerprint density at radius 3 is 2.32 bits per heavy atom. The summed E-state index contributed by atoms with van der Waals surface area (Å²) < 4.78 is 15.1. The van der Waals surface area contributed by atoms with Crippen molar-refractivity contribution >= 4 is 43.5 Å². The van der Waals surface area contributed by atoms with Crippen LogP contribution in [0.25, 0.3) is 0 Å². The third kappa shape index (κ3) is 4.14. The van der Waals surface area contributed by atoms with E-state index < -0.39 is 5.82 Å². The smallest absolute Gasteiger partial charge is 0.228 e. The molecule has 1 N–H and O–H groups in total. The summed E-state index contributed by atoms with van der Waals surface area (Å²) in [7, 11) is 0. The summed E-state index contributed by atoms with van der Waals surface area (Å²) in [6.07, 6.45) is 0.211. The highest BCUT2D eigenvalue weighted by molar-refractivity contribution is 9.10. The van der Waals surface area contributed by atoms with E-state index in [1.165, 1.54) is 12.1 Å². The number of halogens is 3. The number of benzene rings is 2. The van der Waals surface area contributed by atoms with E-state index in [1.807, 2.05) is 24.3 Å². The van der Waals surface area contributed by atoms with Crippen LogP contribution in [-0.4, -0.2) is 5.91 Å². The van der Waals surface area contributed by atoms with Crippen molar-refractivity contribution in [3.8, 4) is 0 Å². The first-order chi connectivity index (χ1) is 9.04. The van der Waals surface area contributed by atoms with Gasteiger partial charge in [0.05, 0.1) is 12.1 Å². The minimum atomic E-state index is -0.460. The Bertz CT molecular complexity index is 599. The second-order valence-electron chi connectivity index (χ2n) is 3.98. The molecule has 0 atom stereocenters. The third-order valence-electron chi connectivity index (χ3n) is 2.48. The molecule has 0 saturated carbocycles. The first-order valence-corrected chi connectivity index (χ1v) is 7.12. The van der Waals surface area contributed by atoms with Crippen molar-refractivity contribution in [1.82, 2.24) is 0 Å². The van der Waals surface area contributed by atoms with E-state index in [1.54, 1.807) is 6.07 Å². The van der Waals surface area contributed by atoms with Crippen molar-refractivity contribution in [3.63, 3.8) is 0 Å². The summed E-state index contributed by atoms with van der Waals surface area (Å²) in [4.78, 5) is 11.8. The predicted molar refractivity (Wildman–Crippen MR) is 80.6 cm³/mol. The van der Waals surface area contributed by atoms with Crippen molar-refractivity contribution in [2.75, 3.05) is 5.32 Å². The van der Waals surface area contributed by atoms with Crippen LogP contribution in [0.3, 0.4) is 0 Å². The number of nitrogens with one attached hydrogen (secondary N) is 1. The van der Waals surface area contributed by atoms with Gasteiger partial charge < -0.3 is 5.32 Å². The lowest BCUT2D eigenvalue weighted by Gasteiger charge is -2.07. The topological polar surface area (TPSA) is 29.1 Å². The number of carbonyl (C=O) groups is 1. The third-order valence-corrected chi connectivity index (χ3v) is 3.51. The van der Waals surface area contributed by atoms with Gasteiger partial charge in [-0.1, -0.05) is 44.0 Å². The van der Waals surface area contributed by atoms with Crippen LogP contribution in [0.5, 0.6) is 0 Å². The summed E-state index contributed by atoms with van der Waals surface area (Å²) in [6, 6.07) is 11.9. The summed E-state index contributed by atoms with van der Waals surface area (Å²) >= 11 is 6.49. The van der Waals surface area contributed by atoms with Gasteiger partial charge in [-0.25, -0.2) is 4.39 Å². The maximum absolute atomic E-state index is 13.6. The molecule has 0 spiro atoms. The maximum atomic E-state index is 13.6. The largest absolute Gasteiger partial charge is 0.323 e. The Labute approximate surface area is 127 Å². The minimum Gasteiger partial charge on any atom is -0.323 e. The molecule has 0 aliphatic heterocycles. The van der Waals surface area contributed by atoms with Crippen LogP contribution in [0, 0.1) is 5.82 Å². The number of hydrogen-bond acceptors (Lipinski definition) is 1. The molecule has 2 nitrogen and oxygen atoms in total. The minimum absolute atomic E-state index is 0.185. The van der Waals surface area contributed by atoms with Crippen LogP contribution in [0.1, 0.15) is 5.56 Å². The lowest BCUT2D eigenvalue weighted by molar-refractivity contribution is -0.115. The summed E-state index contributed by atoms with van der Waals surface area (Å²) in [5, 5.41) is 2.55. The van der Waals surface area contributed by atoms with Gasteiger partial charge in [0.1, 0.15) is 5.82 Å². The fraction of sp³-hybridized carbons (Fsp3) is 0.0714. The van der Waals surface area contributed by atoms with E-state index in [-0.39, 0.29) is 18.0 Å². The van der Waals surface area contributed by atoms with Crippen molar-refractivity contribution in [1.29, 1.82) is 0 Å². The quantitative estimate of drug-likeness (QED) is 0.824. The molecule has 2 aromatic rings. The molecule has 0 saturated heterocycles. The molecular weight excluding hydrogens is 377 g/mol. The van der Waals surface area contributed by atoms with Crippen molar-refractivity contribution in [2.45, 2.75) is 6.42 Å². The average Bonchev–Trinajstić information content (AvgIpc) is 2.36. The molecule has 0 aliphatic rings. The van der Waals surface area contributed by atoms with Crippen LogP contribution in [0.4, 0.5) is 10.1 Å². The summed E-state index contributed by atoms with van der Waals surface area (Å²) in [5.74, 6) is -0.706. The molecule has 0 heterocycles. The number of rotatable bonds is 3. The first-order valence-electron chi connectivity index (χ1n) is 5.54. The standard InChI is InChI=1S/C14H10Br2FNO/c15-10-3-1-9(2-4-10)7-14(19)18-13-6-5-11(16)8-12(13)17/h1-6,8H,7H2,(H,18,19). The van der Waals surface area contributed by atoms with E-state index in [0.717, 1.165) is 10.0 Å². The van der Waals surface area contributed by atoms with Gasteiger partial charge >= 0.3 is 0 Å². The second kappa shape index (κ2) is 6.30. The molecule has 0 radical (unpaired) electrons. The summed E-state index contributed by atoms with van der Waals surface area (Å²) in [5.41, 5.74) is 1.06. The molecule has 0 fully saturated rings. The monoisotopic (exact) mass is 385 g/mol. The SMILES string of the molecule is O=C(Cc1ccc(Br)cc1)Nc1ccc(Br)cc1F. The molecule has 0 unspecified atom stereocenters. The van der Waals surface area contributed by atoms with E-state index in [2.05, 4.69) is 37.2 Å². The highest BCUT2D eigenvalue weighted by atomic mass is 79.9. The zero-order valence-electron chi connectivity index (χ0n) is 9.79. The van der Waals surface area contributed by atoms with Gasteiger partial charge in [-0.15, -0.1) is 0 Å². The van der Waals surface area contributed by atoms with Gasteiger partial charge in [0, 0.05) is 8.95 Å². The van der Waals surface area contributed by atoms with Crippen LogP contribution < -0.4 is 5.32 Å². The molecular formula is C14H10Br2FNO. The average molecular weight is 387 g/mol. The molecule has 2 aromatic carbocycles. The zero-order chi connectivity index (χ0) is 13.8. The van der Waals surface area contributed by atoms with Crippen molar-refractivity contribution in [3.05, 3.63) is 62.8 Å². The van der Waals surface area contributed by atoms with Gasteiger partial charge in [-0.2, -0.15) is 0 Å². The number of hydrogen-bond donors (Lipinski definition) is 1. The predicted octanol–water partition coefficient (Wildman–Crippen LogP) is 4.53. The summed E-state index contributed by atoms with van der Waals surface area (Å²) in [6.45, 7) is 0. The highest BCUT2D eigenvalue weighted by Gasteiger charge is 2.08. The van der Waals surface area contributed by atoms with Gasteiger partial charge in [0.15, 0.2) is 0 Å². The van der Waals surface area contributed by atoms with Crippen LogP contribution >= 0.6 is 31.9 Å². The van der Waals surface area contributed by atoms with Crippen LogP contribution in [0.15, 0.2) is 51.4 Å². The van der Waals surface area contributed by atoms with Gasteiger partial charge in [-0.05, 0) is 35.9 Å². The Kier molecular flexibility index (Phi) is 4.71. The normalized spacial score (nSPS) is 10.3. The maximum Gasteiger partial charge on any atom is 0.228 e. The fourth-order valence-corrected chi connectivity index (χ4v) is 2.17. The number of amides is 1. The van der Waals surface area contributed by atoms with Crippen LogP contribution in [-0.2, 0) is 11.2 Å².